The van der Waals surface area contributed by atoms with Crippen LogP contribution in [0.25, 0.3) is 0 Å². The highest BCUT2D eigenvalue weighted by atomic mass is 32.2. The third-order valence-electron chi connectivity index (χ3n) is 2.95. The topological polar surface area (TPSA) is 67.3 Å². The van der Waals surface area contributed by atoms with Crippen LogP contribution in [-0.4, -0.2) is 30.0 Å². The quantitative estimate of drug-likeness (QED) is 0.855. The summed E-state index contributed by atoms with van der Waals surface area (Å²) in [4.78, 5) is 3.93. The van der Waals surface area contributed by atoms with E-state index >= 15 is 0 Å². The maximum Gasteiger partial charge on any atom is 0.150 e. The van der Waals surface area contributed by atoms with Gasteiger partial charge in [0.15, 0.2) is 9.84 Å². The van der Waals surface area contributed by atoms with Gasteiger partial charge in [0.25, 0.3) is 0 Å². The molecule has 5 heteroatoms. The highest BCUT2D eigenvalue weighted by molar-refractivity contribution is 7.91. The summed E-state index contributed by atoms with van der Waals surface area (Å²) < 4.78 is 22.5. The number of pyridine rings is 1. The Labute approximate surface area is 95.3 Å². The predicted molar refractivity (Wildman–Crippen MR) is 60.6 cm³/mol. The molecule has 0 saturated carbocycles. The van der Waals surface area contributed by atoms with Crippen molar-refractivity contribution >= 4 is 9.84 Å². The Morgan fingerprint density at radius 2 is 2.38 bits per heavy atom. The largest absolute Gasteiger partial charge is 0.388 e. The molecule has 0 amide bonds. The minimum absolute atomic E-state index is 0.0835. The SMILES string of the molecule is O=S1(=O)CCC(CC(O)c2cccnc2)C1. The Morgan fingerprint density at radius 3 is 2.94 bits per heavy atom. The van der Waals surface area contributed by atoms with E-state index in [-0.39, 0.29) is 17.4 Å². The molecule has 2 atom stereocenters. The summed E-state index contributed by atoms with van der Waals surface area (Å²) in [7, 11) is -2.85. The van der Waals surface area contributed by atoms with Crippen LogP contribution in [0.3, 0.4) is 0 Å². The van der Waals surface area contributed by atoms with Crippen LogP contribution in [0.1, 0.15) is 24.5 Å². The zero-order valence-corrected chi connectivity index (χ0v) is 9.73. The minimum atomic E-state index is -2.85. The Hall–Kier alpha value is -0.940. The number of nitrogens with zero attached hydrogens (tertiary/aromatic N) is 1. The van der Waals surface area contributed by atoms with Crippen LogP contribution in [0.5, 0.6) is 0 Å². The lowest BCUT2D eigenvalue weighted by atomic mass is 9.97. The number of hydrogen-bond acceptors (Lipinski definition) is 4. The summed E-state index contributed by atoms with van der Waals surface area (Å²) in [5, 5.41) is 9.92. The molecule has 1 aromatic rings. The maximum absolute atomic E-state index is 11.3. The minimum Gasteiger partial charge on any atom is -0.388 e. The van der Waals surface area contributed by atoms with E-state index in [9.17, 15) is 13.5 Å². The molecule has 0 radical (unpaired) electrons. The first kappa shape index (κ1) is 11.5. The smallest absolute Gasteiger partial charge is 0.150 e. The Morgan fingerprint density at radius 1 is 1.56 bits per heavy atom. The zero-order valence-electron chi connectivity index (χ0n) is 8.91. The highest BCUT2D eigenvalue weighted by Crippen LogP contribution is 2.28. The predicted octanol–water partition coefficient (Wildman–Crippen LogP) is 0.940. The van der Waals surface area contributed by atoms with Gasteiger partial charge in [0.2, 0.25) is 0 Å². The van der Waals surface area contributed by atoms with Gasteiger partial charge in [-0.15, -0.1) is 0 Å². The van der Waals surface area contributed by atoms with Crippen molar-refractivity contribution in [1.29, 1.82) is 0 Å². The number of aromatic nitrogens is 1. The van der Waals surface area contributed by atoms with Gasteiger partial charge in [0.05, 0.1) is 17.6 Å². The molecule has 0 spiro atoms. The first-order chi connectivity index (χ1) is 7.57. The fourth-order valence-electron chi connectivity index (χ4n) is 2.08. The first-order valence-corrected chi connectivity index (χ1v) is 7.17. The van der Waals surface area contributed by atoms with Crippen LogP contribution in [-0.2, 0) is 9.84 Å². The van der Waals surface area contributed by atoms with Gasteiger partial charge in [-0.1, -0.05) is 6.07 Å². The molecule has 1 aliphatic heterocycles. The number of sulfone groups is 1. The Balaban J connectivity index is 1.96. The molecule has 0 bridgehead atoms. The van der Waals surface area contributed by atoms with Gasteiger partial charge in [-0.2, -0.15) is 0 Å². The summed E-state index contributed by atoms with van der Waals surface area (Å²) in [5.74, 6) is 0.557. The van der Waals surface area contributed by atoms with Crippen LogP contribution in [0.2, 0.25) is 0 Å². The summed E-state index contributed by atoms with van der Waals surface area (Å²) >= 11 is 0. The number of aliphatic hydroxyl groups is 1. The number of hydrogen-bond donors (Lipinski definition) is 1. The number of rotatable bonds is 3. The van der Waals surface area contributed by atoms with Gasteiger partial charge < -0.3 is 5.11 Å². The van der Waals surface area contributed by atoms with Gasteiger partial charge in [-0.25, -0.2) is 8.42 Å². The average molecular weight is 241 g/mol. The molecule has 16 heavy (non-hydrogen) atoms. The molecule has 2 unspecified atom stereocenters. The molecule has 1 N–H and O–H groups in total. The second kappa shape index (κ2) is 4.51. The molecule has 1 saturated heterocycles. The normalized spacial score (nSPS) is 25.4. The van der Waals surface area contributed by atoms with Gasteiger partial charge in [-0.05, 0) is 30.4 Å². The lowest BCUT2D eigenvalue weighted by Gasteiger charge is -2.14. The highest BCUT2D eigenvalue weighted by Gasteiger charge is 2.29. The molecule has 4 nitrogen and oxygen atoms in total. The van der Waals surface area contributed by atoms with Crippen LogP contribution in [0.4, 0.5) is 0 Å². The second-order valence-corrected chi connectivity index (χ2v) is 6.54. The van der Waals surface area contributed by atoms with Crippen molar-refractivity contribution in [3.63, 3.8) is 0 Å². The van der Waals surface area contributed by atoms with Gasteiger partial charge in [0, 0.05) is 12.4 Å². The summed E-state index contributed by atoms with van der Waals surface area (Å²) in [6, 6.07) is 3.57. The van der Waals surface area contributed by atoms with E-state index in [0.29, 0.717) is 12.8 Å². The fourth-order valence-corrected chi connectivity index (χ4v) is 3.96. The van der Waals surface area contributed by atoms with Crippen molar-refractivity contribution in [2.45, 2.75) is 18.9 Å². The lowest BCUT2D eigenvalue weighted by molar-refractivity contribution is 0.148. The molecule has 1 aliphatic rings. The van der Waals surface area contributed by atoms with Gasteiger partial charge in [0.1, 0.15) is 0 Å². The zero-order chi connectivity index (χ0) is 11.6. The molecule has 88 valence electrons. The summed E-state index contributed by atoms with van der Waals surface area (Å²) in [6.45, 7) is 0. The molecule has 2 rings (SSSR count). The van der Waals surface area contributed by atoms with Crippen molar-refractivity contribution in [2.24, 2.45) is 5.92 Å². The van der Waals surface area contributed by atoms with Crippen molar-refractivity contribution < 1.29 is 13.5 Å². The second-order valence-electron chi connectivity index (χ2n) is 4.31. The van der Waals surface area contributed by atoms with E-state index in [4.69, 9.17) is 0 Å². The van der Waals surface area contributed by atoms with Crippen LogP contribution in [0, 0.1) is 5.92 Å². The standard InChI is InChI=1S/C11H15NO3S/c13-11(10-2-1-4-12-7-10)6-9-3-5-16(14,15)8-9/h1-2,4,7,9,11,13H,3,5-6,8H2. The molecular formula is C11H15NO3S. The monoisotopic (exact) mass is 241 g/mol. The van der Waals surface area contributed by atoms with Crippen molar-refractivity contribution in [2.75, 3.05) is 11.5 Å². The Kier molecular flexibility index (Phi) is 3.25. The van der Waals surface area contributed by atoms with E-state index in [1.807, 2.05) is 0 Å². The molecule has 2 heterocycles. The molecular weight excluding hydrogens is 226 g/mol. The first-order valence-electron chi connectivity index (χ1n) is 5.35. The molecule has 1 aromatic heterocycles. The van der Waals surface area contributed by atoms with Crippen molar-refractivity contribution in [3.05, 3.63) is 30.1 Å². The van der Waals surface area contributed by atoms with Crippen LogP contribution in [0.15, 0.2) is 24.5 Å². The third-order valence-corrected chi connectivity index (χ3v) is 4.79. The van der Waals surface area contributed by atoms with E-state index in [1.165, 1.54) is 0 Å². The average Bonchev–Trinajstić information content (AvgIpc) is 2.59. The third kappa shape index (κ3) is 2.80. The number of aliphatic hydroxyl groups excluding tert-OH is 1. The maximum atomic E-state index is 11.3. The van der Waals surface area contributed by atoms with Gasteiger partial charge in [-0.3, -0.25) is 4.98 Å². The summed E-state index contributed by atoms with van der Waals surface area (Å²) in [5.41, 5.74) is 0.756. The van der Waals surface area contributed by atoms with E-state index < -0.39 is 15.9 Å². The van der Waals surface area contributed by atoms with E-state index in [2.05, 4.69) is 4.98 Å². The summed E-state index contributed by atoms with van der Waals surface area (Å²) in [6.07, 6.45) is 3.83. The van der Waals surface area contributed by atoms with E-state index in [1.54, 1.807) is 24.5 Å². The molecule has 0 aliphatic carbocycles. The Bertz CT molecular complexity index is 444. The van der Waals surface area contributed by atoms with Crippen molar-refractivity contribution in [1.82, 2.24) is 4.98 Å². The van der Waals surface area contributed by atoms with Crippen LogP contribution >= 0.6 is 0 Å². The molecule has 1 fully saturated rings. The van der Waals surface area contributed by atoms with Gasteiger partial charge >= 0.3 is 0 Å². The van der Waals surface area contributed by atoms with Crippen LogP contribution < -0.4 is 0 Å². The fraction of sp³-hybridized carbons (Fsp3) is 0.545. The van der Waals surface area contributed by atoms with E-state index in [0.717, 1.165) is 5.56 Å². The lowest BCUT2D eigenvalue weighted by Crippen LogP contribution is -2.09. The van der Waals surface area contributed by atoms with Crippen molar-refractivity contribution in [3.8, 4) is 0 Å². The molecule has 0 aromatic carbocycles.